The molecule has 1 radical (unpaired) electrons. The summed E-state index contributed by atoms with van der Waals surface area (Å²) < 4.78 is 34.0. The molecule has 13 heavy (non-hydrogen) atoms. The minimum Gasteiger partial charge on any atom is -0.504 e. The summed E-state index contributed by atoms with van der Waals surface area (Å²) in [4.78, 5) is 9.96. The Kier molecular flexibility index (Phi) is 14.8. The van der Waals surface area contributed by atoms with Crippen molar-refractivity contribution in [1.82, 2.24) is 0 Å². The number of carbonyl (C=O) groups is 1. The van der Waals surface area contributed by atoms with Gasteiger partial charge in [0.25, 0.3) is 0 Å². The van der Waals surface area contributed by atoms with Gasteiger partial charge in [-0.1, -0.05) is 0 Å². The Morgan fingerprint density at radius 1 is 1.31 bits per heavy atom. The van der Waals surface area contributed by atoms with E-state index in [0.29, 0.717) is 0 Å². The van der Waals surface area contributed by atoms with E-state index in [1.54, 1.807) is 0 Å². The third-order valence-electron chi connectivity index (χ3n) is 0.630. The number of carbonyl (C=O) groups excluding carboxylic acids is 1. The summed E-state index contributed by atoms with van der Waals surface area (Å²) in [6, 6.07) is 0. The molecule has 0 fully saturated rings. The Bertz CT molecular complexity index is 175. The molecule has 0 saturated carbocycles. The molecule has 0 saturated heterocycles. The van der Waals surface area contributed by atoms with E-state index in [-0.39, 0.29) is 43.3 Å². The average Bonchev–Trinajstić information content (AvgIpc) is 1.60. The minimum absolute atomic E-state index is 0. The van der Waals surface area contributed by atoms with Crippen molar-refractivity contribution in [3.63, 3.8) is 0 Å². The van der Waals surface area contributed by atoms with Crippen molar-refractivity contribution in [3.8, 4) is 0 Å². The molecule has 0 spiro atoms. The molecule has 0 heterocycles. The van der Waals surface area contributed by atoms with Gasteiger partial charge >= 0.3 is 6.18 Å². The van der Waals surface area contributed by atoms with Gasteiger partial charge in [-0.15, -0.1) is 0 Å². The van der Waals surface area contributed by atoms with Crippen LogP contribution in [-0.2, 0) is 27.2 Å². The zero-order valence-electron chi connectivity index (χ0n) is 7.37. The van der Waals surface area contributed by atoms with Gasteiger partial charge in [0.05, 0.1) is 0 Å². The summed E-state index contributed by atoms with van der Waals surface area (Å²) in [5.74, 6) is -2.70. The molecule has 0 amide bonds. The number of allylic oxidation sites excluding steroid dienone is 2. The van der Waals surface area contributed by atoms with E-state index in [2.05, 4.69) is 0 Å². The van der Waals surface area contributed by atoms with Crippen LogP contribution in [0.15, 0.2) is 11.8 Å². The van der Waals surface area contributed by atoms with Crippen LogP contribution in [-0.4, -0.2) is 17.1 Å². The molecule has 0 aromatic heterocycles. The third kappa shape index (κ3) is 11.7. The van der Waals surface area contributed by atoms with Gasteiger partial charge in [0.1, 0.15) is 0 Å². The van der Waals surface area contributed by atoms with Crippen LogP contribution >= 0.6 is 0 Å². The van der Waals surface area contributed by atoms with Crippen LogP contribution in [0.3, 0.4) is 0 Å². The fourth-order valence-electron chi connectivity index (χ4n) is 0.274. The maximum Gasteiger partial charge on any atom is 0.448 e. The number of aliphatic hydroxyl groups excluding tert-OH is 1. The van der Waals surface area contributed by atoms with Crippen molar-refractivity contribution in [1.29, 1.82) is 0 Å². The van der Waals surface area contributed by atoms with Gasteiger partial charge < -0.3 is 20.0 Å². The number of hydrogen-bond acceptors (Lipinski definition) is 2. The standard InChI is InChI=1S/C5H5F3O2.2CH3.Au/c1-3(9)2-4(10)5(6,7)8;;;/h2,10H,1H3;2*1H3;/q;2*-1;. The van der Waals surface area contributed by atoms with Gasteiger partial charge in [-0.05, 0) is 6.92 Å². The van der Waals surface area contributed by atoms with Crippen LogP contribution < -0.4 is 0 Å². The second-order valence-electron chi connectivity index (χ2n) is 1.64. The first-order valence-corrected chi connectivity index (χ1v) is 2.32. The van der Waals surface area contributed by atoms with Gasteiger partial charge in [0.15, 0.2) is 5.78 Å². The quantitative estimate of drug-likeness (QED) is 0.328. The molecule has 0 aliphatic rings. The normalized spacial score (nSPS) is 10.3. The minimum atomic E-state index is -4.81. The summed E-state index contributed by atoms with van der Waals surface area (Å²) in [5.41, 5.74) is 0. The molecule has 2 nitrogen and oxygen atoms in total. The maximum absolute atomic E-state index is 11.3. The Balaban J connectivity index is -0.000000135. The summed E-state index contributed by atoms with van der Waals surface area (Å²) in [6.07, 6.45) is -4.69. The zero-order chi connectivity index (χ0) is 8.36. The smallest absolute Gasteiger partial charge is 0.448 e. The first-order chi connectivity index (χ1) is 4.34. The van der Waals surface area contributed by atoms with Gasteiger partial charge in [0.2, 0.25) is 5.76 Å². The molecule has 1 N–H and O–H groups in total. The molecule has 0 aromatic rings. The Morgan fingerprint density at radius 2 is 1.62 bits per heavy atom. The van der Waals surface area contributed by atoms with Gasteiger partial charge in [0, 0.05) is 28.5 Å². The van der Waals surface area contributed by atoms with E-state index in [0.717, 1.165) is 6.92 Å². The van der Waals surface area contributed by atoms with Crippen molar-refractivity contribution in [2.75, 3.05) is 0 Å². The monoisotopic (exact) mass is 381 g/mol. The van der Waals surface area contributed by atoms with Crippen molar-refractivity contribution >= 4 is 5.78 Å². The summed E-state index contributed by atoms with van der Waals surface area (Å²) in [5, 5.41) is 8.07. The molecule has 6 heteroatoms. The molecule has 0 atom stereocenters. The molecule has 0 aliphatic carbocycles. The number of aliphatic hydroxyl groups is 1. The molecule has 85 valence electrons. The predicted molar refractivity (Wildman–Crippen MR) is 40.3 cm³/mol. The van der Waals surface area contributed by atoms with Crippen LogP contribution in [0.2, 0.25) is 0 Å². The Morgan fingerprint density at radius 3 is 1.69 bits per heavy atom. The molecule has 0 aliphatic heterocycles. The van der Waals surface area contributed by atoms with Crippen molar-refractivity contribution in [2.45, 2.75) is 13.1 Å². The van der Waals surface area contributed by atoms with Crippen molar-refractivity contribution < 1.29 is 45.5 Å². The topological polar surface area (TPSA) is 37.3 Å². The van der Waals surface area contributed by atoms with Crippen LogP contribution in [0, 0.1) is 14.9 Å². The Hall–Kier alpha value is -0.260. The number of ketones is 1. The van der Waals surface area contributed by atoms with E-state index < -0.39 is 17.7 Å². The van der Waals surface area contributed by atoms with E-state index >= 15 is 0 Å². The number of hydrogen-bond donors (Lipinski definition) is 1. The maximum atomic E-state index is 11.3. The third-order valence-corrected chi connectivity index (χ3v) is 0.630. The van der Waals surface area contributed by atoms with Gasteiger partial charge in [-0.3, -0.25) is 4.79 Å². The van der Waals surface area contributed by atoms with E-state index in [1.807, 2.05) is 0 Å². The first-order valence-electron chi connectivity index (χ1n) is 2.32. The fourth-order valence-corrected chi connectivity index (χ4v) is 0.274. The Labute approximate surface area is 91.3 Å². The molecule has 0 rings (SSSR count). The molecule has 0 unspecified atom stereocenters. The average molecular weight is 381 g/mol. The van der Waals surface area contributed by atoms with Crippen LogP contribution in [0.25, 0.3) is 0 Å². The number of halogens is 3. The zero-order valence-corrected chi connectivity index (χ0v) is 9.53. The fraction of sp³-hybridized carbons (Fsp3) is 0.286. The van der Waals surface area contributed by atoms with E-state index in [1.165, 1.54) is 0 Å². The van der Waals surface area contributed by atoms with Crippen LogP contribution in [0.5, 0.6) is 0 Å². The molecular formula is C7H11AuF3O2-2. The predicted octanol–water partition coefficient (Wildman–Crippen LogP) is 2.48. The second-order valence-corrected chi connectivity index (χ2v) is 1.64. The second kappa shape index (κ2) is 8.34. The largest absolute Gasteiger partial charge is 0.504 e. The number of rotatable bonds is 1. The first kappa shape index (κ1) is 23.0. The molecule has 0 bridgehead atoms. The SMILES string of the molecule is CC(=O)C=C(O)C(F)(F)F.[Au].[CH3-].[CH3-]. The summed E-state index contributed by atoms with van der Waals surface area (Å²) in [6.45, 7) is 0.919. The van der Waals surface area contributed by atoms with Crippen LogP contribution in [0.1, 0.15) is 6.92 Å². The molecule has 0 aromatic carbocycles. The van der Waals surface area contributed by atoms with Gasteiger partial charge in [-0.2, -0.15) is 13.2 Å². The molecular weight excluding hydrogens is 370 g/mol. The van der Waals surface area contributed by atoms with Crippen molar-refractivity contribution in [3.05, 3.63) is 26.7 Å². The van der Waals surface area contributed by atoms with E-state index in [4.69, 9.17) is 5.11 Å². The summed E-state index contributed by atoms with van der Waals surface area (Å²) >= 11 is 0. The van der Waals surface area contributed by atoms with E-state index in [9.17, 15) is 18.0 Å². The van der Waals surface area contributed by atoms with Crippen LogP contribution in [0.4, 0.5) is 13.2 Å². The summed E-state index contributed by atoms with van der Waals surface area (Å²) in [7, 11) is 0. The van der Waals surface area contributed by atoms with Gasteiger partial charge in [-0.25, -0.2) is 0 Å². The number of alkyl halides is 3. The van der Waals surface area contributed by atoms with Crippen molar-refractivity contribution in [2.24, 2.45) is 0 Å².